The fraction of sp³-hybridized carbons (Fsp3) is 0.174. The van der Waals surface area contributed by atoms with Crippen LogP contribution in [0.4, 0.5) is 11.4 Å². The van der Waals surface area contributed by atoms with Gasteiger partial charge in [-0.25, -0.2) is 4.72 Å². The summed E-state index contributed by atoms with van der Waals surface area (Å²) in [5.41, 5.74) is 2.89. The molecule has 3 aromatic rings. The minimum atomic E-state index is -3.93. The molecular weight excluding hydrogens is 430 g/mol. The smallest absolute Gasteiger partial charge is 0.272 e. The van der Waals surface area contributed by atoms with Crippen molar-refractivity contribution >= 4 is 39.2 Å². The second-order valence-electron chi connectivity index (χ2n) is 7.40. The van der Waals surface area contributed by atoms with Gasteiger partial charge in [-0.2, -0.15) is 0 Å². The van der Waals surface area contributed by atoms with Gasteiger partial charge in [-0.3, -0.25) is 14.4 Å². The summed E-state index contributed by atoms with van der Waals surface area (Å²) in [5.74, 6) is -0.753. The van der Waals surface area contributed by atoms with E-state index in [1.165, 1.54) is 56.3 Å². The highest BCUT2D eigenvalue weighted by atomic mass is 32.3. The van der Waals surface area contributed by atoms with Crippen LogP contribution < -0.4 is 10.0 Å². The third kappa shape index (κ3) is 4.84. The molecule has 1 heterocycles. The first-order chi connectivity index (χ1) is 15.0. The normalized spacial score (nSPS) is 12.7. The number of aromatic nitrogens is 1. The lowest BCUT2D eigenvalue weighted by molar-refractivity contribution is 0.100. The number of rotatable bonds is 7. The standard InChI is InChI=1S/C23H23N3O5S/c1-13-21(16(4)28)14(2)24-22(13)23(29)25-19-6-5-7-20(12-19)32(30,31)26-18-10-8-17(9-11-18)15(3)27/h5-12H,1-4H3,(H3-,24,25,26,27,28,29,30,31). The number of H-pyrrole nitrogens is 1. The van der Waals surface area contributed by atoms with Crippen molar-refractivity contribution in [2.24, 2.45) is 0 Å². The van der Waals surface area contributed by atoms with E-state index in [9.17, 15) is 23.1 Å². The quantitative estimate of drug-likeness (QED) is 0.362. The van der Waals surface area contributed by atoms with Crippen molar-refractivity contribution in [3.8, 4) is 0 Å². The maximum absolute atomic E-state index is 12.8. The largest absolute Gasteiger partial charge is 0.588 e. The van der Waals surface area contributed by atoms with Crippen LogP contribution in [0.2, 0.25) is 0 Å². The number of carbonyl (C=O) groups excluding carboxylic acids is 3. The lowest BCUT2D eigenvalue weighted by Crippen LogP contribution is -2.21. The lowest BCUT2D eigenvalue weighted by Gasteiger charge is -2.17. The van der Waals surface area contributed by atoms with Crippen molar-refractivity contribution in [2.45, 2.75) is 32.6 Å². The fourth-order valence-corrected chi connectivity index (χ4v) is 4.53. The van der Waals surface area contributed by atoms with E-state index in [0.717, 1.165) is 0 Å². The van der Waals surface area contributed by atoms with Crippen molar-refractivity contribution in [3.05, 3.63) is 76.6 Å². The summed E-state index contributed by atoms with van der Waals surface area (Å²) in [6, 6.07) is 11.9. The van der Waals surface area contributed by atoms with Crippen LogP contribution in [-0.4, -0.2) is 27.0 Å². The zero-order valence-corrected chi connectivity index (χ0v) is 18.9. The average molecular weight is 454 g/mol. The molecule has 0 aliphatic heterocycles. The number of sulfonamides is 1. The van der Waals surface area contributed by atoms with E-state index < -0.39 is 16.3 Å². The molecule has 1 unspecified atom stereocenters. The van der Waals surface area contributed by atoms with Gasteiger partial charge in [0.1, 0.15) is 5.69 Å². The topological polar surface area (TPSA) is 131 Å². The van der Waals surface area contributed by atoms with E-state index in [1.54, 1.807) is 19.9 Å². The zero-order chi connectivity index (χ0) is 23.6. The van der Waals surface area contributed by atoms with Crippen molar-refractivity contribution in [2.75, 3.05) is 10.0 Å². The number of aromatic amines is 1. The van der Waals surface area contributed by atoms with Gasteiger partial charge in [-0.05, 0) is 69.7 Å². The van der Waals surface area contributed by atoms with E-state index in [2.05, 4.69) is 15.0 Å². The Balaban J connectivity index is 1.81. The molecule has 0 bridgehead atoms. The summed E-state index contributed by atoms with van der Waals surface area (Å²) < 4.78 is 28.0. The molecule has 3 rings (SSSR count). The molecule has 32 heavy (non-hydrogen) atoms. The van der Waals surface area contributed by atoms with E-state index in [0.29, 0.717) is 28.1 Å². The van der Waals surface area contributed by atoms with Crippen LogP contribution in [0.15, 0.2) is 53.4 Å². The molecule has 1 amide bonds. The van der Waals surface area contributed by atoms with Gasteiger partial charge in [0.2, 0.25) is 0 Å². The van der Waals surface area contributed by atoms with Gasteiger partial charge in [-0.15, -0.1) is 0 Å². The number of benzene rings is 2. The van der Waals surface area contributed by atoms with Crippen LogP contribution in [0.3, 0.4) is 0 Å². The first-order valence-corrected chi connectivity index (χ1v) is 11.2. The summed E-state index contributed by atoms with van der Waals surface area (Å²) in [4.78, 5) is 38.8. The van der Waals surface area contributed by atoms with Gasteiger partial charge in [0.15, 0.2) is 26.9 Å². The summed E-state index contributed by atoms with van der Waals surface area (Å²) >= 11 is 0. The molecule has 0 spiro atoms. The molecule has 0 saturated carbocycles. The Morgan fingerprint density at radius 3 is 2.16 bits per heavy atom. The SMILES string of the molecule is CC(=O)c1ccc(N[S+](=O)([O-])c2cccc(NC(=O)c3[nH]c(C)c(C(C)=O)c3C)c2)cc1. The van der Waals surface area contributed by atoms with E-state index in [1.807, 2.05) is 0 Å². The predicted octanol–water partition coefficient (Wildman–Crippen LogP) is 4.30. The number of anilines is 2. The van der Waals surface area contributed by atoms with Crippen molar-refractivity contribution in [3.63, 3.8) is 0 Å². The molecule has 166 valence electrons. The third-order valence-electron chi connectivity index (χ3n) is 4.96. The summed E-state index contributed by atoms with van der Waals surface area (Å²) in [6.07, 6.45) is 0. The van der Waals surface area contributed by atoms with Crippen molar-refractivity contribution in [1.82, 2.24) is 4.98 Å². The second kappa shape index (κ2) is 8.89. The number of nitrogens with one attached hydrogen (secondary N) is 3. The van der Waals surface area contributed by atoms with Gasteiger partial charge in [0, 0.05) is 28.6 Å². The van der Waals surface area contributed by atoms with Gasteiger partial charge in [0.05, 0.1) is 5.69 Å². The van der Waals surface area contributed by atoms with E-state index in [-0.39, 0.29) is 27.8 Å². The van der Waals surface area contributed by atoms with Crippen LogP contribution in [0, 0.1) is 13.8 Å². The molecular formula is C23H23N3O5S. The summed E-state index contributed by atoms with van der Waals surface area (Å²) in [6.45, 7) is 6.25. The Morgan fingerprint density at radius 2 is 1.59 bits per heavy atom. The first kappa shape index (κ1) is 23.1. The molecule has 8 nitrogen and oxygen atoms in total. The number of hydrogen-bond acceptors (Lipinski definition) is 5. The monoisotopic (exact) mass is 453 g/mol. The summed E-state index contributed by atoms with van der Waals surface area (Å²) in [5, 5.41) is 2.66. The van der Waals surface area contributed by atoms with Crippen LogP contribution in [0.5, 0.6) is 0 Å². The minimum absolute atomic E-state index is 0.0465. The highest BCUT2D eigenvalue weighted by molar-refractivity contribution is 7.98. The molecule has 0 aliphatic carbocycles. The molecule has 9 heteroatoms. The Bertz CT molecular complexity index is 1260. The molecule has 0 saturated heterocycles. The van der Waals surface area contributed by atoms with Gasteiger partial charge >= 0.3 is 0 Å². The molecule has 1 atom stereocenters. The molecule has 0 radical (unpaired) electrons. The highest BCUT2D eigenvalue weighted by Gasteiger charge is 2.23. The fourth-order valence-electron chi connectivity index (χ4n) is 3.43. The van der Waals surface area contributed by atoms with Crippen LogP contribution in [0.25, 0.3) is 0 Å². The molecule has 0 aliphatic rings. The number of aryl methyl sites for hydroxylation is 1. The maximum atomic E-state index is 12.8. The Hall–Kier alpha value is -3.56. The van der Waals surface area contributed by atoms with Gasteiger partial charge in [-0.1, -0.05) is 10.3 Å². The third-order valence-corrected chi connectivity index (χ3v) is 6.34. The molecule has 1 aromatic heterocycles. The lowest BCUT2D eigenvalue weighted by atomic mass is 10.1. The second-order valence-corrected chi connectivity index (χ2v) is 9.08. The summed E-state index contributed by atoms with van der Waals surface area (Å²) in [7, 11) is -3.93. The first-order valence-electron chi connectivity index (χ1n) is 9.75. The Labute approximate surface area is 186 Å². The van der Waals surface area contributed by atoms with Crippen molar-refractivity contribution in [1.29, 1.82) is 0 Å². The maximum Gasteiger partial charge on any atom is 0.272 e. The number of ketones is 2. The molecule has 2 aromatic carbocycles. The average Bonchev–Trinajstić information content (AvgIpc) is 3.02. The van der Waals surface area contributed by atoms with Gasteiger partial charge in [0.25, 0.3) is 5.91 Å². The van der Waals surface area contributed by atoms with Crippen molar-refractivity contribution < 1.29 is 23.1 Å². The number of hydrogen-bond donors (Lipinski definition) is 3. The zero-order valence-electron chi connectivity index (χ0n) is 18.1. The minimum Gasteiger partial charge on any atom is -0.588 e. The Kier molecular flexibility index (Phi) is 6.42. The van der Waals surface area contributed by atoms with Crippen LogP contribution in [-0.2, 0) is 14.6 Å². The predicted molar refractivity (Wildman–Crippen MR) is 122 cm³/mol. The number of carbonyl (C=O) groups is 3. The van der Waals surface area contributed by atoms with Crippen LogP contribution in [0.1, 0.15) is 56.3 Å². The Morgan fingerprint density at radius 1 is 0.938 bits per heavy atom. The van der Waals surface area contributed by atoms with Crippen LogP contribution >= 0.6 is 0 Å². The number of Topliss-reactive ketones (excluding diaryl/α,β-unsaturated/α-hetero) is 2. The molecule has 0 fully saturated rings. The number of amides is 1. The highest BCUT2D eigenvalue weighted by Crippen LogP contribution is 2.24. The van der Waals surface area contributed by atoms with E-state index in [4.69, 9.17) is 0 Å². The van der Waals surface area contributed by atoms with Gasteiger partial charge < -0.3 is 14.9 Å². The molecule has 3 N–H and O–H groups in total. The van der Waals surface area contributed by atoms with E-state index >= 15 is 0 Å².